The van der Waals surface area contributed by atoms with Crippen LogP contribution in [0.4, 0.5) is 0 Å². The number of amides is 1. The Labute approximate surface area is 224 Å². The van der Waals surface area contributed by atoms with Crippen molar-refractivity contribution < 1.29 is 23.9 Å². The van der Waals surface area contributed by atoms with Crippen LogP contribution >= 0.6 is 0 Å². The van der Waals surface area contributed by atoms with E-state index in [1.165, 1.54) is 0 Å². The molecule has 2 unspecified atom stereocenters. The fourth-order valence-electron chi connectivity index (χ4n) is 8.93. The first-order valence-electron chi connectivity index (χ1n) is 13.8. The zero-order valence-electron chi connectivity index (χ0n) is 25.4. The molecular weight excluding hydrogens is 472 g/mol. The minimum atomic E-state index is -0.885. The average molecular weight is 525 g/mol. The Morgan fingerprint density at radius 1 is 0.703 bits per heavy atom. The Bertz CT molecular complexity index is 882. The molecule has 2 N–H and O–H groups in total. The standard InChI is InChI=1S/C28H52N4O5/c1-21(2)15-27(16-22(3,4)31(21)34-11)19-29-25(9,36-27)13-14-26(10)30-20(33)28(37-26)17-23(5,6)32(35-12)24(7,8)18-28/h29H,13-19H2,1-12H3,(H,30,33). The second kappa shape index (κ2) is 8.59. The lowest BCUT2D eigenvalue weighted by Crippen LogP contribution is -2.66. The van der Waals surface area contributed by atoms with E-state index in [0.717, 1.165) is 19.4 Å². The van der Waals surface area contributed by atoms with Crippen LogP contribution in [0.2, 0.25) is 0 Å². The Morgan fingerprint density at radius 3 is 1.59 bits per heavy atom. The van der Waals surface area contributed by atoms with Gasteiger partial charge >= 0.3 is 0 Å². The topological polar surface area (TPSA) is 84.5 Å². The van der Waals surface area contributed by atoms with Gasteiger partial charge in [0.2, 0.25) is 0 Å². The summed E-state index contributed by atoms with van der Waals surface area (Å²) in [5, 5.41) is 11.0. The number of hydroxylamine groups is 4. The van der Waals surface area contributed by atoms with E-state index in [-0.39, 0.29) is 33.7 Å². The summed E-state index contributed by atoms with van der Waals surface area (Å²) < 4.78 is 13.7. The van der Waals surface area contributed by atoms with Crippen molar-refractivity contribution in [3.8, 4) is 0 Å². The molecule has 0 aromatic heterocycles. The summed E-state index contributed by atoms with van der Waals surface area (Å²) in [6, 6.07) is 0. The van der Waals surface area contributed by atoms with E-state index < -0.39 is 17.1 Å². The molecule has 9 heteroatoms. The SMILES string of the molecule is CON1C(C)(C)CC2(CNC(C)(CCC3(C)NC(=O)C4(CC(C)(C)N(OC)C(C)(C)C4)O3)O2)CC1(C)C. The molecule has 4 heterocycles. The van der Waals surface area contributed by atoms with E-state index in [2.05, 4.69) is 78.0 Å². The second-order valence-corrected chi connectivity index (χ2v) is 15.1. The lowest BCUT2D eigenvalue weighted by molar-refractivity contribution is -0.299. The average Bonchev–Trinajstić information content (AvgIpc) is 3.10. The lowest BCUT2D eigenvalue weighted by atomic mass is 9.72. The van der Waals surface area contributed by atoms with Gasteiger partial charge in [-0.05, 0) is 94.9 Å². The van der Waals surface area contributed by atoms with Crippen LogP contribution in [-0.4, -0.2) is 81.6 Å². The highest BCUT2D eigenvalue weighted by Gasteiger charge is 2.64. The number of nitrogens with zero attached hydrogens (tertiary/aromatic N) is 2. The van der Waals surface area contributed by atoms with Crippen molar-refractivity contribution in [3.63, 3.8) is 0 Å². The van der Waals surface area contributed by atoms with Gasteiger partial charge in [-0.25, -0.2) is 0 Å². The third-order valence-corrected chi connectivity index (χ3v) is 9.03. The number of ether oxygens (including phenoxy) is 2. The van der Waals surface area contributed by atoms with Crippen molar-refractivity contribution in [2.24, 2.45) is 0 Å². The van der Waals surface area contributed by atoms with Crippen molar-refractivity contribution in [3.05, 3.63) is 0 Å². The van der Waals surface area contributed by atoms with Crippen molar-refractivity contribution in [2.45, 2.75) is 153 Å². The first-order chi connectivity index (χ1) is 16.7. The highest BCUT2D eigenvalue weighted by molar-refractivity contribution is 5.88. The smallest absolute Gasteiger partial charge is 0.254 e. The number of hydrogen-bond acceptors (Lipinski definition) is 8. The summed E-state index contributed by atoms with van der Waals surface area (Å²) in [5.74, 6) is -0.0238. The van der Waals surface area contributed by atoms with Crippen LogP contribution in [0.1, 0.15) is 108 Å². The quantitative estimate of drug-likeness (QED) is 0.561. The Hall–Kier alpha value is -0.810. The summed E-state index contributed by atoms with van der Waals surface area (Å²) in [7, 11) is 3.45. The molecule has 4 saturated heterocycles. The first-order valence-corrected chi connectivity index (χ1v) is 13.8. The lowest BCUT2D eigenvalue weighted by Gasteiger charge is -2.56. The molecule has 1 amide bonds. The van der Waals surface area contributed by atoms with Gasteiger partial charge in [0.15, 0.2) is 5.60 Å². The molecule has 0 saturated carbocycles. The fourth-order valence-corrected chi connectivity index (χ4v) is 8.93. The molecule has 4 rings (SSSR count). The van der Waals surface area contributed by atoms with E-state index in [4.69, 9.17) is 19.1 Å². The predicted molar refractivity (Wildman–Crippen MR) is 142 cm³/mol. The van der Waals surface area contributed by atoms with Gasteiger partial charge in [0, 0.05) is 41.5 Å². The molecule has 9 nitrogen and oxygen atoms in total. The van der Waals surface area contributed by atoms with E-state index in [1.54, 1.807) is 14.2 Å². The van der Waals surface area contributed by atoms with Crippen molar-refractivity contribution in [1.82, 2.24) is 20.8 Å². The second-order valence-electron chi connectivity index (χ2n) is 15.1. The van der Waals surface area contributed by atoms with Gasteiger partial charge in [0.25, 0.3) is 5.91 Å². The van der Waals surface area contributed by atoms with Crippen LogP contribution in [0.15, 0.2) is 0 Å². The number of nitrogens with one attached hydrogen (secondary N) is 2. The Morgan fingerprint density at radius 2 is 1.14 bits per heavy atom. The molecule has 0 aliphatic carbocycles. The molecule has 4 fully saturated rings. The molecule has 0 radical (unpaired) electrons. The van der Waals surface area contributed by atoms with Crippen LogP contribution < -0.4 is 10.6 Å². The summed E-state index contributed by atoms with van der Waals surface area (Å²) >= 11 is 0. The maximum atomic E-state index is 13.5. The Balaban J connectivity index is 1.47. The van der Waals surface area contributed by atoms with Gasteiger partial charge < -0.3 is 24.5 Å². The fraction of sp³-hybridized carbons (Fsp3) is 0.964. The zero-order chi connectivity index (χ0) is 27.9. The summed E-state index contributed by atoms with van der Waals surface area (Å²) in [6.45, 7) is 22.2. The third kappa shape index (κ3) is 4.98. The highest BCUT2D eigenvalue weighted by atomic mass is 16.7. The van der Waals surface area contributed by atoms with Gasteiger partial charge in [-0.3, -0.25) is 10.1 Å². The largest absolute Gasteiger partial charge is 0.353 e. The molecule has 2 spiro atoms. The van der Waals surface area contributed by atoms with Gasteiger partial charge in [-0.2, -0.15) is 10.1 Å². The molecular formula is C28H52N4O5. The molecule has 4 aliphatic rings. The van der Waals surface area contributed by atoms with Crippen LogP contribution in [-0.2, 0) is 23.9 Å². The molecule has 4 aliphatic heterocycles. The summed E-state index contributed by atoms with van der Waals surface area (Å²) in [5.41, 5.74) is -3.48. The Kier molecular flexibility index (Phi) is 6.78. The van der Waals surface area contributed by atoms with E-state index >= 15 is 0 Å². The zero-order valence-corrected chi connectivity index (χ0v) is 25.4. The van der Waals surface area contributed by atoms with Crippen molar-refractivity contribution >= 4 is 5.91 Å². The van der Waals surface area contributed by atoms with Crippen molar-refractivity contribution in [2.75, 3.05) is 20.8 Å². The molecule has 214 valence electrons. The maximum absolute atomic E-state index is 13.5. The third-order valence-electron chi connectivity index (χ3n) is 9.03. The van der Waals surface area contributed by atoms with Gasteiger partial charge in [0.05, 0.1) is 19.8 Å². The molecule has 37 heavy (non-hydrogen) atoms. The van der Waals surface area contributed by atoms with E-state index in [1.807, 2.05) is 12.0 Å². The minimum absolute atomic E-state index is 0.0238. The van der Waals surface area contributed by atoms with Crippen molar-refractivity contribution in [1.29, 1.82) is 0 Å². The normalized spacial score (nSPS) is 37.8. The molecule has 0 aromatic rings. The highest BCUT2D eigenvalue weighted by Crippen LogP contribution is 2.51. The van der Waals surface area contributed by atoms with E-state index in [0.29, 0.717) is 25.7 Å². The van der Waals surface area contributed by atoms with Crippen LogP contribution in [0.3, 0.4) is 0 Å². The summed E-state index contributed by atoms with van der Waals surface area (Å²) in [6.07, 6.45) is 4.22. The van der Waals surface area contributed by atoms with Gasteiger partial charge in [-0.1, -0.05) is 0 Å². The number of rotatable bonds is 5. The van der Waals surface area contributed by atoms with Gasteiger partial charge in [0.1, 0.15) is 11.4 Å². The molecule has 2 atom stereocenters. The number of carbonyl (C=O) groups excluding carboxylic acids is 1. The summed E-state index contributed by atoms with van der Waals surface area (Å²) in [4.78, 5) is 25.0. The van der Waals surface area contributed by atoms with Gasteiger partial charge in [-0.15, -0.1) is 0 Å². The molecule has 0 aromatic carbocycles. The van der Waals surface area contributed by atoms with E-state index in [9.17, 15) is 4.79 Å². The predicted octanol–water partition coefficient (Wildman–Crippen LogP) is 3.87. The number of hydrogen-bond donors (Lipinski definition) is 2. The van der Waals surface area contributed by atoms with Crippen LogP contribution in [0.25, 0.3) is 0 Å². The molecule has 0 bridgehead atoms. The maximum Gasteiger partial charge on any atom is 0.254 e. The number of piperidine rings is 2. The monoisotopic (exact) mass is 524 g/mol. The number of carbonyl (C=O) groups is 1. The van der Waals surface area contributed by atoms with Crippen LogP contribution in [0.5, 0.6) is 0 Å². The first kappa shape index (κ1) is 29.2. The minimum Gasteiger partial charge on any atom is -0.353 e. The van der Waals surface area contributed by atoms with Crippen LogP contribution in [0, 0.1) is 0 Å².